The lowest BCUT2D eigenvalue weighted by Crippen LogP contribution is -2.24. The predicted octanol–water partition coefficient (Wildman–Crippen LogP) is 1.80. The van der Waals surface area contributed by atoms with Gasteiger partial charge in [0, 0.05) is 12.1 Å². The lowest BCUT2D eigenvalue weighted by atomic mass is 10.2. The summed E-state index contributed by atoms with van der Waals surface area (Å²) in [5.74, 6) is 0.0618. The Labute approximate surface area is 86.9 Å². The van der Waals surface area contributed by atoms with Crippen molar-refractivity contribution in [2.24, 2.45) is 0 Å². The van der Waals surface area contributed by atoms with Gasteiger partial charge in [0.2, 0.25) is 5.91 Å². The Kier molecular flexibility index (Phi) is 4.46. The monoisotopic (exact) mass is 213 g/mol. The number of rotatable bonds is 4. The van der Waals surface area contributed by atoms with Crippen molar-refractivity contribution in [3.8, 4) is 0 Å². The van der Waals surface area contributed by atoms with Gasteiger partial charge < -0.3 is 5.32 Å². The number of hydrogen-bond donors (Lipinski definition) is 1. The lowest BCUT2D eigenvalue weighted by Gasteiger charge is -2.04. The molecule has 0 saturated heterocycles. The molecule has 0 aliphatic carbocycles. The summed E-state index contributed by atoms with van der Waals surface area (Å²) in [6, 6.07) is 6.42. The van der Waals surface area contributed by atoms with Gasteiger partial charge >= 0.3 is 0 Å². The minimum atomic E-state index is -0.281. The lowest BCUT2D eigenvalue weighted by molar-refractivity contribution is -0.118. The molecule has 1 aromatic rings. The van der Waals surface area contributed by atoms with Crippen molar-refractivity contribution >= 4 is 17.7 Å². The number of halogens is 1. The summed E-state index contributed by atoms with van der Waals surface area (Å²) >= 11 is 1.44. The van der Waals surface area contributed by atoms with Crippen molar-refractivity contribution < 1.29 is 9.18 Å². The minimum Gasteiger partial charge on any atom is -0.351 e. The van der Waals surface area contributed by atoms with Crippen LogP contribution in [-0.4, -0.2) is 17.9 Å². The molecular weight excluding hydrogens is 201 g/mol. The summed E-state index contributed by atoms with van der Waals surface area (Å²) in [6.07, 6.45) is 1.85. The van der Waals surface area contributed by atoms with Crippen LogP contribution >= 0.6 is 11.8 Å². The molecule has 1 rings (SSSR count). The van der Waals surface area contributed by atoms with E-state index < -0.39 is 0 Å². The number of nitrogens with one attached hydrogen (secondary N) is 1. The van der Waals surface area contributed by atoms with E-state index in [0.29, 0.717) is 11.3 Å². The number of carbonyl (C=O) groups is 1. The molecule has 0 fully saturated rings. The molecule has 0 bridgehead atoms. The Morgan fingerprint density at radius 2 is 2.21 bits per heavy atom. The number of hydrogen-bond acceptors (Lipinski definition) is 2. The summed E-state index contributed by atoms with van der Waals surface area (Å²) in [4.78, 5) is 11.1. The third-order valence-corrected chi connectivity index (χ3v) is 2.26. The summed E-state index contributed by atoms with van der Waals surface area (Å²) in [7, 11) is 0. The molecule has 1 N–H and O–H groups in total. The molecule has 0 spiro atoms. The van der Waals surface area contributed by atoms with E-state index in [0.717, 1.165) is 0 Å². The average Bonchev–Trinajstić information content (AvgIpc) is 2.17. The van der Waals surface area contributed by atoms with Gasteiger partial charge in [-0.15, -0.1) is 0 Å². The zero-order valence-electron chi connectivity index (χ0n) is 7.92. The Hall–Kier alpha value is -1.03. The van der Waals surface area contributed by atoms with E-state index in [2.05, 4.69) is 5.32 Å². The van der Waals surface area contributed by atoms with Gasteiger partial charge in [0.1, 0.15) is 5.82 Å². The van der Waals surface area contributed by atoms with Crippen LogP contribution in [0.25, 0.3) is 0 Å². The van der Waals surface area contributed by atoms with Crippen LogP contribution in [-0.2, 0) is 11.3 Å². The SMILES string of the molecule is CSCC(=O)NCc1ccccc1F. The highest BCUT2D eigenvalue weighted by Crippen LogP contribution is 2.05. The van der Waals surface area contributed by atoms with Crippen molar-refractivity contribution in [3.05, 3.63) is 35.6 Å². The van der Waals surface area contributed by atoms with Crippen LogP contribution in [0.1, 0.15) is 5.56 Å². The molecule has 4 heteroatoms. The summed E-state index contributed by atoms with van der Waals surface area (Å²) in [6.45, 7) is 0.256. The molecule has 1 aromatic carbocycles. The van der Waals surface area contributed by atoms with Gasteiger partial charge in [-0.1, -0.05) is 18.2 Å². The second-order valence-corrected chi connectivity index (χ2v) is 3.67. The first-order valence-corrected chi connectivity index (χ1v) is 5.62. The van der Waals surface area contributed by atoms with E-state index in [-0.39, 0.29) is 18.3 Å². The van der Waals surface area contributed by atoms with Crippen LogP contribution in [0.5, 0.6) is 0 Å². The first-order chi connectivity index (χ1) is 6.74. The van der Waals surface area contributed by atoms with Crippen molar-refractivity contribution in [3.63, 3.8) is 0 Å². The maximum atomic E-state index is 13.1. The second kappa shape index (κ2) is 5.65. The molecule has 76 valence electrons. The van der Waals surface area contributed by atoms with Crippen LogP contribution in [0.2, 0.25) is 0 Å². The number of benzene rings is 1. The quantitative estimate of drug-likeness (QED) is 0.826. The number of carbonyl (C=O) groups excluding carboxylic acids is 1. The molecule has 0 unspecified atom stereocenters. The molecule has 0 radical (unpaired) electrons. The molecule has 0 aromatic heterocycles. The van der Waals surface area contributed by atoms with E-state index in [1.165, 1.54) is 17.8 Å². The zero-order valence-corrected chi connectivity index (χ0v) is 8.73. The summed E-state index contributed by atoms with van der Waals surface area (Å²) in [5.41, 5.74) is 0.516. The molecule has 0 atom stereocenters. The van der Waals surface area contributed by atoms with Crippen LogP contribution in [0.15, 0.2) is 24.3 Å². The van der Waals surface area contributed by atoms with Gasteiger partial charge in [0.15, 0.2) is 0 Å². The van der Waals surface area contributed by atoms with Crippen LogP contribution in [0.3, 0.4) is 0 Å². The van der Waals surface area contributed by atoms with E-state index in [1.807, 2.05) is 6.26 Å². The molecule has 2 nitrogen and oxygen atoms in total. The van der Waals surface area contributed by atoms with E-state index in [1.54, 1.807) is 18.2 Å². The van der Waals surface area contributed by atoms with Gasteiger partial charge in [-0.2, -0.15) is 11.8 Å². The van der Waals surface area contributed by atoms with Crippen molar-refractivity contribution in [2.75, 3.05) is 12.0 Å². The smallest absolute Gasteiger partial charge is 0.230 e. The number of amides is 1. The topological polar surface area (TPSA) is 29.1 Å². The highest BCUT2D eigenvalue weighted by molar-refractivity contribution is 7.99. The molecule has 0 saturated carbocycles. The molecule has 1 amide bonds. The van der Waals surface area contributed by atoms with Gasteiger partial charge in [-0.3, -0.25) is 4.79 Å². The number of thioether (sulfide) groups is 1. The average molecular weight is 213 g/mol. The van der Waals surface area contributed by atoms with Gasteiger partial charge in [-0.05, 0) is 12.3 Å². The Bertz CT molecular complexity index is 317. The van der Waals surface area contributed by atoms with Crippen LogP contribution in [0.4, 0.5) is 4.39 Å². The van der Waals surface area contributed by atoms with E-state index >= 15 is 0 Å². The van der Waals surface area contributed by atoms with Crippen LogP contribution in [0, 0.1) is 5.82 Å². The summed E-state index contributed by atoms with van der Waals surface area (Å²) < 4.78 is 13.1. The van der Waals surface area contributed by atoms with Crippen molar-refractivity contribution in [1.29, 1.82) is 0 Å². The van der Waals surface area contributed by atoms with Crippen molar-refractivity contribution in [1.82, 2.24) is 5.32 Å². The molecule has 14 heavy (non-hydrogen) atoms. The highest BCUT2D eigenvalue weighted by Gasteiger charge is 2.02. The van der Waals surface area contributed by atoms with Crippen LogP contribution < -0.4 is 5.32 Å². The first-order valence-electron chi connectivity index (χ1n) is 4.23. The zero-order chi connectivity index (χ0) is 10.4. The van der Waals surface area contributed by atoms with Gasteiger partial charge in [0.25, 0.3) is 0 Å². The Balaban J connectivity index is 2.46. The Morgan fingerprint density at radius 1 is 1.50 bits per heavy atom. The van der Waals surface area contributed by atoms with E-state index in [9.17, 15) is 9.18 Å². The molecule has 0 aliphatic rings. The molecule has 0 aliphatic heterocycles. The third kappa shape index (κ3) is 3.38. The summed E-state index contributed by atoms with van der Waals surface area (Å²) in [5, 5.41) is 2.64. The predicted molar refractivity (Wildman–Crippen MR) is 56.6 cm³/mol. The van der Waals surface area contributed by atoms with Gasteiger partial charge in [0.05, 0.1) is 5.75 Å². The van der Waals surface area contributed by atoms with Gasteiger partial charge in [-0.25, -0.2) is 4.39 Å². The molecular formula is C10H12FNOS. The van der Waals surface area contributed by atoms with Crippen molar-refractivity contribution in [2.45, 2.75) is 6.54 Å². The molecule has 0 heterocycles. The maximum Gasteiger partial charge on any atom is 0.230 e. The normalized spacial score (nSPS) is 9.86. The Morgan fingerprint density at radius 3 is 2.86 bits per heavy atom. The fourth-order valence-corrected chi connectivity index (χ4v) is 1.38. The minimum absolute atomic E-state index is 0.0687. The third-order valence-electron chi connectivity index (χ3n) is 1.71. The fraction of sp³-hybridized carbons (Fsp3) is 0.300. The second-order valence-electron chi connectivity index (χ2n) is 2.80. The highest BCUT2D eigenvalue weighted by atomic mass is 32.2. The fourth-order valence-electron chi connectivity index (χ4n) is 1.02. The standard InChI is InChI=1S/C10H12FNOS/c1-14-7-10(13)12-6-8-4-2-3-5-9(8)11/h2-5H,6-7H2,1H3,(H,12,13). The first kappa shape index (κ1) is 11.0. The van der Waals surface area contributed by atoms with E-state index in [4.69, 9.17) is 0 Å². The largest absolute Gasteiger partial charge is 0.351 e. The maximum absolute atomic E-state index is 13.1.